The standard InChI is InChI=1S/C11H16ClN3O2/c12-5-11(16)14-9-6-13-15(7-9)8-10-3-1-2-4-17-10/h6-7,10H,1-5,8H2,(H,14,16). The Bertz CT molecular complexity index is 375. The van der Waals surface area contributed by atoms with Gasteiger partial charge in [-0.25, -0.2) is 0 Å². The second-order valence-corrected chi connectivity index (χ2v) is 4.39. The van der Waals surface area contributed by atoms with Gasteiger partial charge in [-0.15, -0.1) is 11.6 Å². The van der Waals surface area contributed by atoms with Crippen molar-refractivity contribution in [1.29, 1.82) is 0 Å². The molecule has 1 aromatic heterocycles. The van der Waals surface area contributed by atoms with E-state index in [9.17, 15) is 4.79 Å². The maximum absolute atomic E-state index is 11.1. The Morgan fingerprint density at radius 1 is 1.65 bits per heavy atom. The predicted octanol–water partition coefficient (Wildman–Crippen LogP) is 1.63. The van der Waals surface area contributed by atoms with Gasteiger partial charge in [-0.1, -0.05) is 0 Å². The number of alkyl halides is 1. The Hall–Kier alpha value is -1.07. The lowest BCUT2D eigenvalue weighted by Gasteiger charge is -2.22. The number of carbonyl (C=O) groups is 1. The van der Waals surface area contributed by atoms with Crippen LogP contribution < -0.4 is 5.32 Å². The molecule has 6 heteroatoms. The lowest BCUT2D eigenvalue weighted by Crippen LogP contribution is -2.24. The van der Waals surface area contributed by atoms with Crippen LogP contribution in [0.4, 0.5) is 5.69 Å². The summed E-state index contributed by atoms with van der Waals surface area (Å²) in [5.74, 6) is -0.267. The molecule has 17 heavy (non-hydrogen) atoms. The maximum atomic E-state index is 11.1. The van der Waals surface area contributed by atoms with E-state index >= 15 is 0 Å². The van der Waals surface area contributed by atoms with Gasteiger partial charge in [-0.2, -0.15) is 5.10 Å². The zero-order valence-electron chi connectivity index (χ0n) is 9.56. The van der Waals surface area contributed by atoms with Gasteiger partial charge in [0.15, 0.2) is 0 Å². The van der Waals surface area contributed by atoms with Gasteiger partial charge in [0.2, 0.25) is 5.91 Å². The highest BCUT2D eigenvalue weighted by Crippen LogP contribution is 2.15. The van der Waals surface area contributed by atoms with E-state index in [4.69, 9.17) is 16.3 Å². The van der Waals surface area contributed by atoms with Crippen LogP contribution in [0.3, 0.4) is 0 Å². The number of hydrogen-bond donors (Lipinski definition) is 1. The number of nitrogens with zero attached hydrogens (tertiary/aromatic N) is 2. The van der Waals surface area contributed by atoms with E-state index < -0.39 is 0 Å². The summed E-state index contributed by atoms with van der Waals surface area (Å²) in [5, 5.41) is 6.83. The summed E-state index contributed by atoms with van der Waals surface area (Å²) in [6, 6.07) is 0. The van der Waals surface area contributed by atoms with Crippen molar-refractivity contribution in [2.24, 2.45) is 0 Å². The molecule has 1 unspecified atom stereocenters. The number of carbonyl (C=O) groups excluding carboxylic acids is 1. The Morgan fingerprint density at radius 3 is 3.24 bits per heavy atom. The van der Waals surface area contributed by atoms with Crippen LogP contribution in [-0.4, -0.2) is 34.3 Å². The first kappa shape index (κ1) is 12.4. The van der Waals surface area contributed by atoms with Crippen LogP contribution in [0.25, 0.3) is 0 Å². The Balaban J connectivity index is 1.86. The number of hydrogen-bond acceptors (Lipinski definition) is 3. The summed E-state index contributed by atoms with van der Waals surface area (Å²) < 4.78 is 7.42. The summed E-state index contributed by atoms with van der Waals surface area (Å²) in [6.07, 6.45) is 7.08. The second kappa shape index (κ2) is 6.02. The van der Waals surface area contributed by atoms with Gasteiger partial charge in [-0.3, -0.25) is 9.48 Å². The monoisotopic (exact) mass is 257 g/mol. The molecule has 1 amide bonds. The fourth-order valence-corrected chi connectivity index (χ4v) is 1.95. The number of aromatic nitrogens is 2. The van der Waals surface area contributed by atoms with Crippen LogP contribution in [0, 0.1) is 0 Å². The van der Waals surface area contributed by atoms with Gasteiger partial charge in [-0.05, 0) is 19.3 Å². The fraction of sp³-hybridized carbons (Fsp3) is 0.636. The lowest BCUT2D eigenvalue weighted by molar-refractivity contribution is -0.113. The van der Waals surface area contributed by atoms with E-state index in [0.717, 1.165) is 26.0 Å². The molecule has 1 N–H and O–H groups in total. The molecule has 0 bridgehead atoms. The van der Waals surface area contributed by atoms with Gasteiger partial charge in [0, 0.05) is 12.8 Å². The van der Waals surface area contributed by atoms with Crippen molar-refractivity contribution in [1.82, 2.24) is 9.78 Å². The van der Waals surface area contributed by atoms with Crippen molar-refractivity contribution >= 4 is 23.2 Å². The fourth-order valence-electron chi connectivity index (χ4n) is 1.88. The molecule has 0 saturated carbocycles. The van der Waals surface area contributed by atoms with E-state index in [0.29, 0.717) is 5.69 Å². The molecule has 0 aliphatic carbocycles. The number of anilines is 1. The van der Waals surface area contributed by atoms with Gasteiger partial charge in [0.05, 0.1) is 24.5 Å². The summed E-state index contributed by atoms with van der Waals surface area (Å²) >= 11 is 5.41. The average Bonchev–Trinajstić information content (AvgIpc) is 2.77. The van der Waals surface area contributed by atoms with Gasteiger partial charge in [0.1, 0.15) is 5.88 Å². The molecule has 1 aliphatic heterocycles. The first-order chi connectivity index (χ1) is 8.28. The molecule has 1 aromatic rings. The molecule has 1 fully saturated rings. The molecule has 1 atom stereocenters. The Kier molecular flexibility index (Phi) is 4.39. The summed E-state index contributed by atoms with van der Waals surface area (Å²) in [7, 11) is 0. The van der Waals surface area contributed by atoms with Crippen LogP contribution in [0.1, 0.15) is 19.3 Å². The van der Waals surface area contributed by atoms with Crippen LogP contribution in [0.5, 0.6) is 0 Å². The molecule has 2 rings (SSSR count). The molecule has 2 heterocycles. The van der Waals surface area contributed by atoms with Crippen molar-refractivity contribution in [2.75, 3.05) is 17.8 Å². The van der Waals surface area contributed by atoms with Crippen molar-refractivity contribution < 1.29 is 9.53 Å². The van der Waals surface area contributed by atoms with Gasteiger partial charge < -0.3 is 10.1 Å². The van der Waals surface area contributed by atoms with Crippen molar-refractivity contribution in [3.8, 4) is 0 Å². The number of halogens is 1. The zero-order chi connectivity index (χ0) is 12.1. The molecule has 0 radical (unpaired) electrons. The SMILES string of the molecule is O=C(CCl)Nc1cnn(CC2CCCCO2)c1. The van der Waals surface area contributed by atoms with Gasteiger partial charge in [0.25, 0.3) is 0 Å². The van der Waals surface area contributed by atoms with Crippen molar-refractivity contribution in [3.63, 3.8) is 0 Å². The predicted molar refractivity (Wildman–Crippen MR) is 65.2 cm³/mol. The molecule has 94 valence electrons. The van der Waals surface area contributed by atoms with E-state index in [2.05, 4.69) is 10.4 Å². The third kappa shape index (κ3) is 3.71. The first-order valence-electron chi connectivity index (χ1n) is 5.78. The molecule has 1 saturated heterocycles. The van der Waals surface area contributed by atoms with E-state index in [1.165, 1.54) is 6.42 Å². The summed E-state index contributed by atoms with van der Waals surface area (Å²) in [4.78, 5) is 11.1. The number of ether oxygens (including phenoxy) is 1. The summed E-state index contributed by atoms with van der Waals surface area (Å²) in [5.41, 5.74) is 0.673. The Labute approximate surface area is 105 Å². The lowest BCUT2D eigenvalue weighted by atomic mass is 10.1. The van der Waals surface area contributed by atoms with Crippen LogP contribution in [0.2, 0.25) is 0 Å². The molecular weight excluding hydrogens is 242 g/mol. The smallest absolute Gasteiger partial charge is 0.239 e. The highest BCUT2D eigenvalue weighted by atomic mass is 35.5. The molecule has 5 nitrogen and oxygen atoms in total. The summed E-state index contributed by atoms with van der Waals surface area (Å²) in [6.45, 7) is 1.57. The third-order valence-corrected chi connectivity index (χ3v) is 2.95. The minimum atomic E-state index is -0.222. The molecule has 0 spiro atoms. The minimum absolute atomic E-state index is 0.0447. The number of nitrogens with one attached hydrogen (secondary N) is 1. The second-order valence-electron chi connectivity index (χ2n) is 4.12. The largest absolute Gasteiger partial charge is 0.376 e. The topological polar surface area (TPSA) is 56.2 Å². The molecular formula is C11H16ClN3O2. The zero-order valence-corrected chi connectivity index (χ0v) is 10.3. The normalized spacial score (nSPS) is 20.2. The highest BCUT2D eigenvalue weighted by molar-refractivity contribution is 6.29. The molecule has 0 aromatic carbocycles. The number of amides is 1. The van der Waals surface area contributed by atoms with E-state index in [1.807, 2.05) is 0 Å². The van der Waals surface area contributed by atoms with E-state index in [-0.39, 0.29) is 17.9 Å². The van der Waals surface area contributed by atoms with Crippen molar-refractivity contribution in [3.05, 3.63) is 12.4 Å². The third-order valence-electron chi connectivity index (χ3n) is 2.70. The quantitative estimate of drug-likeness (QED) is 0.834. The van der Waals surface area contributed by atoms with Crippen LogP contribution >= 0.6 is 11.6 Å². The van der Waals surface area contributed by atoms with Crippen LogP contribution in [-0.2, 0) is 16.1 Å². The maximum Gasteiger partial charge on any atom is 0.239 e. The minimum Gasteiger partial charge on any atom is -0.376 e. The average molecular weight is 258 g/mol. The van der Waals surface area contributed by atoms with Crippen LogP contribution in [0.15, 0.2) is 12.4 Å². The highest BCUT2D eigenvalue weighted by Gasteiger charge is 2.14. The molecule has 1 aliphatic rings. The number of rotatable bonds is 4. The van der Waals surface area contributed by atoms with Crippen molar-refractivity contribution in [2.45, 2.75) is 31.9 Å². The van der Waals surface area contributed by atoms with E-state index in [1.54, 1.807) is 17.1 Å². The Morgan fingerprint density at radius 2 is 2.53 bits per heavy atom. The van der Waals surface area contributed by atoms with Gasteiger partial charge >= 0.3 is 0 Å². The first-order valence-corrected chi connectivity index (χ1v) is 6.31.